The molecule has 2 unspecified atom stereocenters. The second-order valence-corrected chi connectivity index (χ2v) is 4.16. The van der Waals surface area contributed by atoms with Crippen molar-refractivity contribution in [3.63, 3.8) is 0 Å². The zero-order valence-corrected chi connectivity index (χ0v) is 10.5. The Morgan fingerprint density at radius 3 is 2.33 bits per heavy atom. The quantitative estimate of drug-likeness (QED) is 0.665. The molecular weight excluding hydrogens is 192 g/mol. The van der Waals surface area contributed by atoms with Crippen LogP contribution in [0.2, 0.25) is 0 Å². The molecule has 4 nitrogen and oxygen atoms in total. The van der Waals surface area contributed by atoms with Gasteiger partial charge in [-0.25, -0.2) is 0 Å². The van der Waals surface area contributed by atoms with Crippen molar-refractivity contribution in [2.45, 2.75) is 52.3 Å². The summed E-state index contributed by atoms with van der Waals surface area (Å²) in [5, 5.41) is 6.10. The van der Waals surface area contributed by atoms with Gasteiger partial charge in [-0.15, -0.1) is 0 Å². The molecule has 0 rings (SSSR count). The lowest BCUT2D eigenvalue weighted by Crippen LogP contribution is -2.39. The molecule has 0 aromatic carbocycles. The van der Waals surface area contributed by atoms with Gasteiger partial charge in [-0.1, -0.05) is 0 Å². The smallest absolute Gasteiger partial charge is 0.221 e. The van der Waals surface area contributed by atoms with Crippen LogP contribution in [0.4, 0.5) is 0 Å². The summed E-state index contributed by atoms with van der Waals surface area (Å²) >= 11 is 0. The normalized spacial score (nSPS) is 15.1. The zero-order valence-electron chi connectivity index (χ0n) is 10.5. The van der Waals surface area contributed by atoms with Crippen molar-refractivity contribution in [1.82, 2.24) is 10.6 Å². The van der Waals surface area contributed by atoms with E-state index in [-0.39, 0.29) is 24.1 Å². The lowest BCUT2D eigenvalue weighted by Gasteiger charge is -2.19. The van der Waals surface area contributed by atoms with Gasteiger partial charge in [-0.2, -0.15) is 0 Å². The Kier molecular flexibility index (Phi) is 7.34. The first-order valence-corrected chi connectivity index (χ1v) is 5.53. The zero-order chi connectivity index (χ0) is 11.8. The Morgan fingerprint density at radius 2 is 1.87 bits per heavy atom. The van der Waals surface area contributed by atoms with Crippen molar-refractivity contribution in [2.75, 3.05) is 13.7 Å². The average molecular weight is 216 g/mol. The van der Waals surface area contributed by atoms with Crippen molar-refractivity contribution >= 4 is 5.91 Å². The van der Waals surface area contributed by atoms with Gasteiger partial charge >= 0.3 is 0 Å². The number of carbonyl (C=O) groups is 1. The maximum absolute atomic E-state index is 11.3. The van der Waals surface area contributed by atoms with Gasteiger partial charge in [0.25, 0.3) is 0 Å². The molecule has 0 aromatic rings. The monoisotopic (exact) mass is 216 g/mol. The summed E-state index contributed by atoms with van der Waals surface area (Å²) in [6.07, 6.45) is 0.678. The third-order valence-electron chi connectivity index (χ3n) is 2.34. The van der Waals surface area contributed by atoms with Gasteiger partial charge in [0.15, 0.2) is 0 Å². The molecule has 1 amide bonds. The maximum Gasteiger partial charge on any atom is 0.221 e. The molecule has 0 aromatic heterocycles. The first kappa shape index (κ1) is 14.4. The third-order valence-corrected chi connectivity index (χ3v) is 2.34. The van der Waals surface area contributed by atoms with Crippen molar-refractivity contribution in [1.29, 1.82) is 0 Å². The van der Waals surface area contributed by atoms with Crippen molar-refractivity contribution < 1.29 is 9.53 Å². The van der Waals surface area contributed by atoms with Gasteiger partial charge in [0.05, 0.1) is 6.10 Å². The van der Waals surface area contributed by atoms with Crippen LogP contribution in [-0.2, 0) is 9.53 Å². The fourth-order valence-corrected chi connectivity index (χ4v) is 1.18. The number of ether oxygens (including phenoxy) is 1. The molecule has 4 heteroatoms. The van der Waals surface area contributed by atoms with Crippen LogP contribution >= 0.6 is 0 Å². The van der Waals surface area contributed by atoms with E-state index in [1.165, 1.54) is 0 Å². The van der Waals surface area contributed by atoms with Crippen LogP contribution in [0.3, 0.4) is 0 Å². The summed E-state index contributed by atoms with van der Waals surface area (Å²) in [4.78, 5) is 11.3. The predicted molar refractivity (Wildman–Crippen MR) is 61.8 cm³/mol. The minimum atomic E-state index is 0.0924. The molecule has 0 saturated carbocycles. The molecule has 0 heterocycles. The molecule has 0 spiro atoms. The van der Waals surface area contributed by atoms with E-state index in [2.05, 4.69) is 17.6 Å². The Balaban J connectivity index is 3.57. The molecule has 0 radical (unpaired) electrons. The van der Waals surface area contributed by atoms with Crippen LogP contribution in [-0.4, -0.2) is 37.7 Å². The van der Waals surface area contributed by atoms with Crippen LogP contribution in [0.25, 0.3) is 0 Å². The van der Waals surface area contributed by atoms with Gasteiger partial charge in [-0.3, -0.25) is 4.79 Å². The summed E-state index contributed by atoms with van der Waals surface area (Å²) in [5.74, 6) is 0.0924. The standard InChI is InChI=1S/C11H24N2O2/c1-8(2)13-11(14)6-7-12-9(3)10(4)15-5/h8-10,12H,6-7H2,1-5H3,(H,13,14). The molecule has 0 fully saturated rings. The van der Waals surface area contributed by atoms with Crippen LogP contribution in [0.15, 0.2) is 0 Å². The second kappa shape index (κ2) is 7.65. The molecule has 0 aliphatic heterocycles. The molecule has 15 heavy (non-hydrogen) atoms. The fraction of sp³-hybridized carbons (Fsp3) is 0.909. The molecule has 2 atom stereocenters. The Hall–Kier alpha value is -0.610. The van der Waals surface area contributed by atoms with Crippen LogP contribution < -0.4 is 10.6 Å². The van der Waals surface area contributed by atoms with Crippen molar-refractivity contribution in [3.8, 4) is 0 Å². The van der Waals surface area contributed by atoms with Gasteiger partial charge in [0, 0.05) is 32.2 Å². The molecular formula is C11H24N2O2. The average Bonchev–Trinajstić information content (AvgIpc) is 2.15. The number of nitrogens with one attached hydrogen (secondary N) is 2. The molecule has 0 aliphatic carbocycles. The fourth-order valence-electron chi connectivity index (χ4n) is 1.18. The Morgan fingerprint density at radius 1 is 1.27 bits per heavy atom. The topological polar surface area (TPSA) is 50.4 Å². The first-order valence-electron chi connectivity index (χ1n) is 5.53. The molecule has 0 bridgehead atoms. The van der Waals surface area contributed by atoms with E-state index in [9.17, 15) is 4.79 Å². The Bertz CT molecular complexity index is 183. The van der Waals surface area contributed by atoms with E-state index in [0.29, 0.717) is 13.0 Å². The van der Waals surface area contributed by atoms with Gasteiger partial charge < -0.3 is 15.4 Å². The van der Waals surface area contributed by atoms with E-state index in [4.69, 9.17) is 4.74 Å². The van der Waals surface area contributed by atoms with E-state index in [1.807, 2.05) is 20.8 Å². The van der Waals surface area contributed by atoms with Crippen molar-refractivity contribution in [3.05, 3.63) is 0 Å². The van der Waals surface area contributed by atoms with E-state index in [0.717, 1.165) is 0 Å². The molecule has 90 valence electrons. The SMILES string of the molecule is COC(C)C(C)NCCC(=O)NC(C)C. The minimum Gasteiger partial charge on any atom is -0.380 e. The van der Waals surface area contributed by atoms with Gasteiger partial charge in [0.2, 0.25) is 5.91 Å². The second-order valence-electron chi connectivity index (χ2n) is 4.16. The number of amides is 1. The highest BCUT2D eigenvalue weighted by Crippen LogP contribution is 1.95. The van der Waals surface area contributed by atoms with Gasteiger partial charge in [0.1, 0.15) is 0 Å². The van der Waals surface area contributed by atoms with E-state index >= 15 is 0 Å². The van der Waals surface area contributed by atoms with Crippen LogP contribution in [0.5, 0.6) is 0 Å². The summed E-state index contributed by atoms with van der Waals surface area (Å²) < 4.78 is 5.17. The largest absolute Gasteiger partial charge is 0.380 e. The summed E-state index contributed by atoms with van der Waals surface area (Å²) in [7, 11) is 1.69. The number of hydrogen-bond acceptors (Lipinski definition) is 3. The predicted octanol–water partition coefficient (Wildman–Crippen LogP) is 0.914. The summed E-state index contributed by atoms with van der Waals surface area (Å²) in [6, 6.07) is 0.481. The van der Waals surface area contributed by atoms with Crippen molar-refractivity contribution in [2.24, 2.45) is 0 Å². The number of carbonyl (C=O) groups excluding carboxylic acids is 1. The van der Waals surface area contributed by atoms with E-state index in [1.54, 1.807) is 7.11 Å². The minimum absolute atomic E-state index is 0.0924. The van der Waals surface area contributed by atoms with E-state index < -0.39 is 0 Å². The molecule has 2 N–H and O–H groups in total. The number of hydrogen-bond donors (Lipinski definition) is 2. The Labute approximate surface area is 92.8 Å². The van der Waals surface area contributed by atoms with Crippen LogP contribution in [0, 0.1) is 0 Å². The number of methoxy groups -OCH3 is 1. The third kappa shape index (κ3) is 7.33. The summed E-state index contributed by atoms with van der Waals surface area (Å²) in [6.45, 7) is 8.66. The molecule has 0 aliphatic rings. The summed E-state index contributed by atoms with van der Waals surface area (Å²) in [5.41, 5.74) is 0. The number of rotatable bonds is 7. The molecule has 0 saturated heterocycles. The highest BCUT2D eigenvalue weighted by Gasteiger charge is 2.10. The van der Waals surface area contributed by atoms with Gasteiger partial charge in [-0.05, 0) is 27.7 Å². The maximum atomic E-state index is 11.3. The first-order chi connectivity index (χ1) is 6.97. The lowest BCUT2D eigenvalue weighted by atomic mass is 10.2. The van der Waals surface area contributed by atoms with Crippen LogP contribution in [0.1, 0.15) is 34.1 Å². The highest BCUT2D eigenvalue weighted by molar-refractivity contribution is 5.76. The lowest BCUT2D eigenvalue weighted by molar-refractivity contribution is -0.121. The highest BCUT2D eigenvalue weighted by atomic mass is 16.5.